The predicted molar refractivity (Wildman–Crippen MR) is 138 cm³/mol. The molecule has 1 aliphatic heterocycles. The quantitative estimate of drug-likeness (QED) is 0.151. The Labute approximate surface area is 202 Å². The van der Waals surface area contributed by atoms with E-state index in [2.05, 4.69) is 45.9 Å². The molecule has 0 saturated carbocycles. The Kier molecular flexibility index (Phi) is 14.1. The molecule has 0 N–H and O–H groups in total. The van der Waals surface area contributed by atoms with Crippen molar-refractivity contribution in [3.8, 4) is 0 Å². The smallest absolute Gasteiger partial charge is 0.333 e. The van der Waals surface area contributed by atoms with Crippen molar-refractivity contribution in [3.05, 3.63) is 37.1 Å². The maximum atomic E-state index is 11.4. The van der Waals surface area contributed by atoms with E-state index >= 15 is 0 Å². The number of hydrogen-bond donors (Lipinski definition) is 0. The summed E-state index contributed by atoms with van der Waals surface area (Å²) in [5.41, 5.74) is 0.829. The van der Waals surface area contributed by atoms with Gasteiger partial charge in [-0.15, -0.1) is 0 Å². The number of likely N-dealkylation sites (tertiary alicyclic amines) is 1. The molecule has 1 saturated heterocycles. The standard InChI is InChI=1S/C18H34O5Si2.C6H9NO/c1-15(2)17(19)21-11-9-13-25(8,23-24(5,6)7)14-10-12-22-18(20)16(3)4;1-2-7-5-3-4-6(7)8/h1,3,9-14H2,2,4-8H3;2H,1,3-5H2. The van der Waals surface area contributed by atoms with Crippen LogP contribution < -0.4 is 0 Å². The van der Waals surface area contributed by atoms with Gasteiger partial charge in [0.25, 0.3) is 0 Å². The van der Waals surface area contributed by atoms with E-state index in [1.165, 1.54) is 0 Å². The van der Waals surface area contributed by atoms with E-state index in [0.29, 0.717) is 30.8 Å². The summed E-state index contributed by atoms with van der Waals surface area (Å²) in [6, 6.07) is 1.82. The van der Waals surface area contributed by atoms with Crippen molar-refractivity contribution in [2.45, 2.75) is 77.8 Å². The molecular formula is C24H43NO6Si2. The minimum Gasteiger partial charge on any atom is -0.462 e. The lowest BCUT2D eigenvalue weighted by Crippen LogP contribution is -2.44. The van der Waals surface area contributed by atoms with Gasteiger partial charge in [-0.3, -0.25) is 4.79 Å². The van der Waals surface area contributed by atoms with Gasteiger partial charge < -0.3 is 18.5 Å². The van der Waals surface area contributed by atoms with Gasteiger partial charge in [-0.05, 0) is 77.6 Å². The molecule has 0 aromatic heterocycles. The van der Waals surface area contributed by atoms with Crippen molar-refractivity contribution in [1.82, 2.24) is 4.90 Å². The molecule has 7 nitrogen and oxygen atoms in total. The molecule has 0 aromatic carbocycles. The molecular weight excluding hydrogens is 454 g/mol. The topological polar surface area (TPSA) is 82.1 Å². The van der Waals surface area contributed by atoms with E-state index in [9.17, 15) is 14.4 Å². The van der Waals surface area contributed by atoms with Gasteiger partial charge in [0, 0.05) is 24.1 Å². The lowest BCUT2D eigenvalue weighted by molar-refractivity contribution is -0.139. The van der Waals surface area contributed by atoms with Gasteiger partial charge in [-0.1, -0.05) is 19.7 Å². The van der Waals surface area contributed by atoms with E-state index in [0.717, 1.165) is 37.9 Å². The van der Waals surface area contributed by atoms with Crippen molar-refractivity contribution in [2.75, 3.05) is 19.8 Å². The van der Waals surface area contributed by atoms with Crippen LogP contribution >= 0.6 is 0 Å². The molecule has 1 aliphatic rings. The molecule has 1 heterocycles. The first-order valence-corrected chi connectivity index (χ1v) is 17.7. The molecule has 0 aromatic rings. The van der Waals surface area contributed by atoms with Gasteiger partial charge in [0.1, 0.15) is 0 Å². The summed E-state index contributed by atoms with van der Waals surface area (Å²) < 4.78 is 16.8. The number of hydrogen-bond acceptors (Lipinski definition) is 6. The first-order chi connectivity index (χ1) is 15.2. The van der Waals surface area contributed by atoms with Crippen LogP contribution in [0.25, 0.3) is 0 Å². The second-order valence-corrected chi connectivity index (χ2v) is 18.5. The molecule has 33 heavy (non-hydrogen) atoms. The van der Waals surface area contributed by atoms with Crippen LogP contribution in [-0.4, -0.2) is 59.1 Å². The number of nitrogens with zero attached hydrogens (tertiary/aromatic N) is 1. The van der Waals surface area contributed by atoms with E-state index in [1.807, 2.05) is 0 Å². The third-order valence-corrected chi connectivity index (χ3v) is 12.0. The predicted octanol–water partition coefficient (Wildman–Crippen LogP) is 5.18. The van der Waals surface area contributed by atoms with Crippen molar-refractivity contribution < 1.29 is 28.0 Å². The number of amides is 1. The fourth-order valence-electron chi connectivity index (χ4n) is 3.30. The summed E-state index contributed by atoms with van der Waals surface area (Å²) >= 11 is 0. The Morgan fingerprint density at radius 1 is 0.970 bits per heavy atom. The van der Waals surface area contributed by atoms with Crippen LogP contribution in [0.4, 0.5) is 0 Å². The second kappa shape index (κ2) is 15.0. The van der Waals surface area contributed by atoms with Crippen molar-refractivity contribution in [2.24, 2.45) is 0 Å². The summed E-state index contributed by atoms with van der Waals surface area (Å²) in [4.78, 5) is 35.2. The van der Waals surface area contributed by atoms with E-state index in [4.69, 9.17) is 13.6 Å². The Hall–Kier alpha value is -1.98. The molecule has 1 amide bonds. The van der Waals surface area contributed by atoms with Gasteiger partial charge in [-0.2, -0.15) is 0 Å². The monoisotopic (exact) mass is 497 g/mol. The highest BCUT2D eigenvalue weighted by Gasteiger charge is 2.33. The fourth-order valence-corrected chi connectivity index (χ4v) is 12.1. The fraction of sp³-hybridized carbons (Fsp3) is 0.625. The van der Waals surface area contributed by atoms with Crippen LogP contribution in [0, 0.1) is 0 Å². The van der Waals surface area contributed by atoms with E-state index in [1.54, 1.807) is 24.9 Å². The number of rotatable bonds is 13. The van der Waals surface area contributed by atoms with Crippen LogP contribution in [0.15, 0.2) is 37.1 Å². The Balaban J connectivity index is 0.00000106. The second-order valence-electron chi connectivity index (χ2n) is 9.58. The first kappa shape index (κ1) is 31.0. The van der Waals surface area contributed by atoms with Crippen LogP contribution in [0.1, 0.15) is 39.5 Å². The molecule has 188 valence electrons. The molecule has 9 heteroatoms. The Bertz CT molecular complexity index is 680. The maximum Gasteiger partial charge on any atom is 0.333 e. The lowest BCUT2D eigenvalue weighted by Gasteiger charge is -2.34. The highest BCUT2D eigenvalue weighted by Crippen LogP contribution is 2.26. The minimum absolute atomic E-state index is 0.208. The average Bonchev–Trinajstić information content (AvgIpc) is 3.12. The van der Waals surface area contributed by atoms with Gasteiger partial charge in [-0.25, -0.2) is 9.59 Å². The largest absolute Gasteiger partial charge is 0.462 e. The summed E-state index contributed by atoms with van der Waals surface area (Å²) in [5, 5.41) is 0. The Morgan fingerprint density at radius 3 is 1.70 bits per heavy atom. The SMILES string of the molecule is C=C(C)C(=O)OCCC[Si](C)(CCCOC(=O)C(=C)C)O[Si](C)(C)C.C=CN1CCCC1=O. The summed E-state index contributed by atoms with van der Waals surface area (Å²) in [6.45, 7) is 24.3. The number of esters is 2. The lowest BCUT2D eigenvalue weighted by atomic mass is 10.4. The van der Waals surface area contributed by atoms with Gasteiger partial charge in [0.2, 0.25) is 5.91 Å². The highest BCUT2D eigenvalue weighted by atomic mass is 28.4. The third-order valence-electron chi connectivity index (χ3n) is 4.75. The maximum absolute atomic E-state index is 11.4. The van der Waals surface area contributed by atoms with Crippen molar-refractivity contribution in [3.63, 3.8) is 0 Å². The summed E-state index contributed by atoms with van der Waals surface area (Å²) in [6.07, 6.45) is 4.84. The zero-order chi connectivity index (χ0) is 25.7. The molecule has 0 bridgehead atoms. The van der Waals surface area contributed by atoms with Crippen molar-refractivity contribution >= 4 is 34.5 Å². The molecule has 1 rings (SSSR count). The van der Waals surface area contributed by atoms with E-state index < -0.39 is 16.6 Å². The zero-order valence-electron chi connectivity index (χ0n) is 21.5. The molecule has 0 aliphatic carbocycles. The molecule has 1 fully saturated rings. The summed E-state index contributed by atoms with van der Waals surface area (Å²) in [7, 11) is -3.62. The zero-order valence-corrected chi connectivity index (χ0v) is 23.5. The number of ether oxygens (including phenoxy) is 2. The normalized spacial score (nSPS) is 13.6. The first-order valence-electron chi connectivity index (χ1n) is 11.5. The number of carbonyl (C=O) groups is 3. The Morgan fingerprint density at radius 2 is 1.42 bits per heavy atom. The molecule has 0 unspecified atom stereocenters. The molecule has 0 atom stereocenters. The average molecular weight is 498 g/mol. The molecule has 0 spiro atoms. The van der Waals surface area contributed by atoms with Crippen LogP contribution in [0.2, 0.25) is 38.3 Å². The van der Waals surface area contributed by atoms with Gasteiger partial charge in [0.05, 0.1) is 13.2 Å². The van der Waals surface area contributed by atoms with Crippen molar-refractivity contribution in [1.29, 1.82) is 0 Å². The van der Waals surface area contributed by atoms with Gasteiger partial charge in [0.15, 0.2) is 16.6 Å². The minimum atomic E-state index is -1.95. The van der Waals surface area contributed by atoms with Crippen LogP contribution in [0.5, 0.6) is 0 Å². The van der Waals surface area contributed by atoms with Crippen LogP contribution in [0.3, 0.4) is 0 Å². The molecule has 0 radical (unpaired) electrons. The third kappa shape index (κ3) is 14.7. The summed E-state index contributed by atoms with van der Waals surface area (Å²) in [5.74, 6) is -0.484. The highest BCUT2D eigenvalue weighted by molar-refractivity contribution is 6.84. The van der Waals surface area contributed by atoms with E-state index in [-0.39, 0.29) is 17.8 Å². The number of carbonyl (C=O) groups excluding carboxylic acids is 3. The van der Waals surface area contributed by atoms with Gasteiger partial charge >= 0.3 is 11.9 Å². The van der Waals surface area contributed by atoms with Crippen LogP contribution in [-0.2, 0) is 28.0 Å².